The lowest BCUT2D eigenvalue weighted by atomic mass is 10.0. The molecular formula is C16H34N2. The molecule has 0 radical (unpaired) electrons. The van der Waals surface area contributed by atoms with Crippen molar-refractivity contribution in [3.63, 3.8) is 0 Å². The van der Waals surface area contributed by atoms with Gasteiger partial charge in [0.1, 0.15) is 0 Å². The fourth-order valence-corrected chi connectivity index (χ4v) is 3.25. The zero-order chi connectivity index (χ0) is 13.2. The van der Waals surface area contributed by atoms with Gasteiger partial charge >= 0.3 is 0 Å². The zero-order valence-corrected chi connectivity index (χ0v) is 12.7. The smallest absolute Gasteiger partial charge is 0.0221 e. The second-order valence-corrected chi connectivity index (χ2v) is 6.03. The Bertz CT molecular complexity index is 194. The summed E-state index contributed by atoms with van der Waals surface area (Å²) in [6.07, 6.45) is 13.9. The second-order valence-electron chi connectivity index (χ2n) is 6.03. The van der Waals surface area contributed by atoms with E-state index < -0.39 is 0 Å². The lowest BCUT2D eigenvalue weighted by Crippen LogP contribution is -2.42. The third kappa shape index (κ3) is 5.71. The first-order valence-electron chi connectivity index (χ1n) is 8.25. The van der Waals surface area contributed by atoms with Crippen molar-refractivity contribution in [1.29, 1.82) is 0 Å². The number of hydrogen-bond acceptors (Lipinski definition) is 2. The van der Waals surface area contributed by atoms with Gasteiger partial charge in [-0.2, -0.15) is 0 Å². The first-order chi connectivity index (χ1) is 8.79. The lowest BCUT2D eigenvalue weighted by molar-refractivity contribution is 0.181. The molecule has 1 rings (SSSR count). The largest absolute Gasteiger partial charge is 0.329 e. The highest BCUT2D eigenvalue weighted by Crippen LogP contribution is 2.22. The van der Waals surface area contributed by atoms with Crippen LogP contribution in [-0.4, -0.2) is 30.1 Å². The monoisotopic (exact) mass is 254 g/mol. The molecule has 2 N–H and O–H groups in total. The van der Waals surface area contributed by atoms with Gasteiger partial charge in [-0.15, -0.1) is 0 Å². The molecule has 1 heterocycles. The molecule has 0 aromatic rings. The predicted molar refractivity (Wildman–Crippen MR) is 80.9 cm³/mol. The van der Waals surface area contributed by atoms with E-state index in [0.29, 0.717) is 6.04 Å². The average Bonchev–Trinajstić information content (AvgIpc) is 2.79. The van der Waals surface area contributed by atoms with Gasteiger partial charge in [-0.25, -0.2) is 0 Å². The maximum Gasteiger partial charge on any atom is 0.0221 e. The molecule has 2 unspecified atom stereocenters. The van der Waals surface area contributed by atoms with E-state index in [4.69, 9.17) is 5.73 Å². The van der Waals surface area contributed by atoms with Gasteiger partial charge in [-0.3, -0.25) is 4.90 Å². The molecule has 0 bridgehead atoms. The minimum atomic E-state index is 0.651. The van der Waals surface area contributed by atoms with Crippen LogP contribution in [0.3, 0.4) is 0 Å². The summed E-state index contributed by atoms with van der Waals surface area (Å²) >= 11 is 0. The topological polar surface area (TPSA) is 29.3 Å². The molecule has 0 saturated carbocycles. The average molecular weight is 254 g/mol. The molecule has 18 heavy (non-hydrogen) atoms. The van der Waals surface area contributed by atoms with Gasteiger partial charge < -0.3 is 5.73 Å². The summed E-state index contributed by atoms with van der Waals surface area (Å²) in [5, 5.41) is 0. The maximum atomic E-state index is 5.95. The molecule has 2 atom stereocenters. The fraction of sp³-hybridized carbons (Fsp3) is 1.00. The van der Waals surface area contributed by atoms with Crippen molar-refractivity contribution in [2.75, 3.05) is 13.1 Å². The van der Waals surface area contributed by atoms with Gasteiger partial charge in [0.15, 0.2) is 0 Å². The number of hydrogen-bond donors (Lipinski definition) is 1. The highest BCUT2D eigenvalue weighted by Gasteiger charge is 2.26. The summed E-state index contributed by atoms with van der Waals surface area (Å²) < 4.78 is 0. The van der Waals surface area contributed by atoms with Crippen molar-refractivity contribution in [2.24, 2.45) is 5.73 Å². The van der Waals surface area contributed by atoms with Crippen LogP contribution in [0.15, 0.2) is 0 Å². The van der Waals surface area contributed by atoms with Crippen LogP contribution in [0.1, 0.15) is 78.1 Å². The Morgan fingerprint density at radius 1 is 1.11 bits per heavy atom. The summed E-state index contributed by atoms with van der Waals surface area (Å²) in [6.45, 7) is 6.77. The number of unbranched alkanes of at least 4 members (excludes halogenated alkanes) is 6. The van der Waals surface area contributed by atoms with Gasteiger partial charge in [0.05, 0.1) is 0 Å². The zero-order valence-electron chi connectivity index (χ0n) is 12.7. The molecule has 0 aromatic heterocycles. The summed E-state index contributed by atoms with van der Waals surface area (Å²) in [7, 11) is 0. The molecule has 0 amide bonds. The van der Waals surface area contributed by atoms with Gasteiger partial charge in [0.25, 0.3) is 0 Å². The molecule has 2 nitrogen and oxygen atoms in total. The minimum absolute atomic E-state index is 0.651. The summed E-state index contributed by atoms with van der Waals surface area (Å²) in [6, 6.07) is 1.42. The SMILES string of the molecule is CCCCCCCCCC(CN)N1CCCC1C. The van der Waals surface area contributed by atoms with Gasteiger partial charge in [-0.1, -0.05) is 51.9 Å². The van der Waals surface area contributed by atoms with E-state index >= 15 is 0 Å². The standard InChI is InChI=1S/C16H34N2/c1-3-4-5-6-7-8-9-12-16(14-17)18-13-10-11-15(18)2/h15-16H,3-14,17H2,1-2H3. The molecule has 108 valence electrons. The molecule has 0 aromatic carbocycles. The van der Waals surface area contributed by atoms with E-state index in [1.807, 2.05) is 0 Å². The van der Waals surface area contributed by atoms with Crippen LogP contribution in [0.4, 0.5) is 0 Å². The Morgan fingerprint density at radius 3 is 2.33 bits per heavy atom. The third-order valence-corrected chi connectivity index (χ3v) is 4.49. The van der Waals surface area contributed by atoms with Crippen LogP contribution < -0.4 is 5.73 Å². The van der Waals surface area contributed by atoms with E-state index in [-0.39, 0.29) is 0 Å². The van der Waals surface area contributed by atoms with E-state index in [1.54, 1.807) is 0 Å². The van der Waals surface area contributed by atoms with Crippen molar-refractivity contribution < 1.29 is 0 Å². The number of nitrogens with zero attached hydrogens (tertiary/aromatic N) is 1. The van der Waals surface area contributed by atoms with Crippen molar-refractivity contribution in [3.8, 4) is 0 Å². The van der Waals surface area contributed by atoms with Crippen molar-refractivity contribution >= 4 is 0 Å². The molecule has 1 aliphatic rings. The Morgan fingerprint density at radius 2 is 1.78 bits per heavy atom. The molecule has 1 saturated heterocycles. The normalized spacial score (nSPS) is 22.5. The second kappa shape index (κ2) is 9.80. The number of nitrogens with two attached hydrogens (primary N) is 1. The van der Waals surface area contributed by atoms with Crippen LogP contribution in [0.25, 0.3) is 0 Å². The highest BCUT2D eigenvalue weighted by molar-refractivity contribution is 4.82. The van der Waals surface area contributed by atoms with Crippen molar-refractivity contribution in [3.05, 3.63) is 0 Å². The van der Waals surface area contributed by atoms with Gasteiger partial charge in [0.2, 0.25) is 0 Å². The fourth-order valence-electron chi connectivity index (χ4n) is 3.25. The van der Waals surface area contributed by atoms with Crippen LogP contribution in [0.5, 0.6) is 0 Å². The lowest BCUT2D eigenvalue weighted by Gasteiger charge is -2.30. The van der Waals surface area contributed by atoms with Crippen LogP contribution in [0, 0.1) is 0 Å². The summed E-state index contributed by atoms with van der Waals surface area (Å²) in [5.41, 5.74) is 5.95. The Labute approximate surface area is 114 Å². The molecular weight excluding hydrogens is 220 g/mol. The van der Waals surface area contributed by atoms with E-state index in [9.17, 15) is 0 Å². The molecule has 1 fully saturated rings. The maximum absolute atomic E-state index is 5.95. The van der Waals surface area contributed by atoms with Crippen molar-refractivity contribution in [1.82, 2.24) is 4.90 Å². The van der Waals surface area contributed by atoms with Crippen LogP contribution >= 0.6 is 0 Å². The highest BCUT2D eigenvalue weighted by atomic mass is 15.2. The summed E-state index contributed by atoms with van der Waals surface area (Å²) in [4.78, 5) is 2.65. The molecule has 0 spiro atoms. The van der Waals surface area contributed by atoms with E-state index in [0.717, 1.165) is 12.6 Å². The van der Waals surface area contributed by atoms with E-state index in [2.05, 4.69) is 18.7 Å². The number of rotatable bonds is 10. The summed E-state index contributed by atoms with van der Waals surface area (Å²) in [5.74, 6) is 0. The molecule has 2 heteroatoms. The Balaban J connectivity index is 2.05. The first kappa shape index (κ1) is 16.0. The molecule has 0 aliphatic carbocycles. The third-order valence-electron chi connectivity index (χ3n) is 4.49. The van der Waals surface area contributed by atoms with Crippen LogP contribution in [-0.2, 0) is 0 Å². The number of likely N-dealkylation sites (tertiary alicyclic amines) is 1. The Hall–Kier alpha value is -0.0800. The molecule has 1 aliphatic heterocycles. The quantitative estimate of drug-likeness (QED) is 0.598. The van der Waals surface area contributed by atoms with Gasteiger partial charge in [-0.05, 0) is 32.7 Å². The predicted octanol–water partition coefficient (Wildman–Crippen LogP) is 3.94. The van der Waals surface area contributed by atoms with Gasteiger partial charge in [0, 0.05) is 18.6 Å². The van der Waals surface area contributed by atoms with E-state index in [1.165, 1.54) is 70.8 Å². The minimum Gasteiger partial charge on any atom is -0.329 e. The first-order valence-corrected chi connectivity index (χ1v) is 8.25. The Kier molecular flexibility index (Phi) is 8.70. The van der Waals surface area contributed by atoms with Crippen molar-refractivity contribution in [2.45, 2.75) is 90.1 Å². The van der Waals surface area contributed by atoms with Crippen LogP contribution in [0.2, 0.25) is 0 Å².